The van der Waals surface area contributed by atoms with Crippen LogP contribution in [0.25, 0.3) is 0 Å². The van der Waals surface area contributed by atoms with Crippen molar-refractivity contribution in [2.24, 2.45) is 0 Å². The number of alkyl halides is 3. The average Bonchev–Trinajstić information content (AvgIpc) is 1.84. The second-order valence-electron chi connectivity index (χ2n) is 2.38. The van der Waals surface area contributed by atoms with Crippen molar-refractivity contribution in [3.63, 3.8) is 0 Å². The van der Waals surface area contributed by atoms with Gasteiger partial charge in [0.2, 0.25) is 0 Å². The monoisotopic (exact) mass is 198 g/mol. The van der Waals surface area contributed by atoms with Gasteiger partial charge in [-0.3, -0.25) is 0 Å². The summed E-state index contributed by atoms with van der Waals surface area (Å²) >= 11 is 0.0121. The highest BCUT2D eigenvalue weighted by atomic mass is 32.2. The summed E-state index contributed by atoms with van der Waals surface area (Å²) in [4.78, 5) is 0.438. The molecule has 72 valence electrons. The second-order valence-corrected chi connectivity index (χ2v) is 3.57. The summed E-state index contributed by atoms with van der Waals surface area (Å²) < 4.78 is 35.6. The molecule has 0 nitrogen and oxygen atoms in total. The van der Waals surface area contributed by atoms with E-state index in [1.54, 1.807) is 6.08 Å². The second kappa shape index (κ2) is 5.51. The van der Waals surface area contributed by atoms with Crippen molar-refractivity contribution in [1.29, 1.82) is 0 Å². The molecule has 0 fully saturated rings. The predicted octanol–water partition coefficient (Wildman–Crippen LogP) is 4.33. The zero-order chi connectivity index (χ0) is 9.61. The van der Waals surface area contributed by atoms with Gasteiger partial charge in [-0.05, 0) is 29.5 Å². The minimum Gasteiger partial charge on any atom is -0.160 e. The summed E-state index contributed by atoms with van der Waals surface area (Å²) in [5.74, 6) is 0. The first-order chi connectivity index (χ1) is 5.49. The molecule has 0 aliphatic rings. The van der Waals surface area contributed by atoms with Crippen LogP contribution in [-0.2, 0) is 0 Å². The fourth-order valence-corrected chi connectivity index (χ4v) is 1.67. The highest BCUT2D eigenvalue weighted by Gasteiger charge is 2.29. The van der Waals surface area contributed by atoms with Gasteiger partial charge in [0.25, 0.3) is 0 Å². The van der Waals surface area contributed by atoms with Crippen LogP contribution in [0.3, 0.4) is 0 Å². The molecule has 0 amide bonds. The maximum absolute atomic E-state index is 11.9. The van der Waals surface area contributed by atoms with E-state index in [2.05, 4.69) is 0 Å². The minimum atomic E-state index is -4.13. The molecule has 0 radical (unpaired) electrons. The number of halogens is 3. The third-order valence-corrected chi connectivity index (χ3v) is 2.04. The van der Waals surface area contributed by atoms with E-state index in [0.717, 1.165) is 6.42 Å². The zero-order valence-corrected chi connectivity index (χ0v) is 8.06. The Hall–Kier alpha value is -0.120. The molecule has 0 heterocycles. The average molecular weight is 198 g/mol. The zero-order valence-electron chi connectivity index (χ0n) is 7.24. The maximum Gasteiger partial charge on any atom is 0.446 e. The fourth-order valence-electron chi connectivity index (χ4n) is 0.817. The van der Waals surface area contributed by atoms with Gasteiger partial charge < -0.3 is 0 Å². The lowest BCUT2D eigenvalue weighted by atomic mass is 10.3. The molecule has 0 bridgehead atoms. The molecular formula is C8H13F3S. The summed E-state index contributed by atoms with van der Waals surface area (Å²) in [6.45, 7) is 3.72. The van der Waals surface area contributed by atoms with Crippen molar-refractivity contribution in [1.82, 2.24) is 0 Å². The molecule has 0 spiro atoms. The summed E-state index contributed by atoms with van der Waals surface area (Å²) in [7, 11) is 0. The third kappa shape index (κ3) is 6.58. The standard InChI is InChI=1S/C8H13F3S/c1-3-5-7(6-4-2)12-8(9,10)11/h5H,3-4,6H2,1-2H3/b7-5+. The molecule has 0 saturated heterocycles. The van der Waals surface area contributed by atoms with Gasteiger partial charge in [0.15, 0.2) is 0 Å². The van der Waals surface area contributed by atoms with E-state index in [1.807, 2.05) is 13.8 Å². The summed E-state index contributed by atoms with van der Waals surface area (Å²) in [5, 5.41) is 0. The van der Waals surface area contributed by atoms with Gasteiger partial charge in [0, 0.05) is 0 Å². The van der Waals surface area contributed by atoms with Crippen LogP contribution < -0.4 is 0 Å². The van der Waals surface area contributed by atoms with Crippen molar-refractivity contribution in [2.45, 2.75) is 38.6 Å². The molecule has 0 unspecified atom stereocenters. The quantitative estimate of drug-likeness (QED) is 0.647. The van der Waals surface area contributed by atoms with Crippen LogP contribution in [-0.4, -0.2) is 5.51 Å². The number of rotatable bonds is 4. The van der Waals surface area contributed by atoms with Gasteiger partial charge in [-0.2, -0.15) is 13.2 Å². The Kier molecular flexibility index (Phi) is 5.46. The maximum atomic E-state index is 11.9. The van der Waals surface area contributed by atoms with E-state index in [1.165, 1.54) is 0 Å². The molecule has 12 heavy (non-hydrogen) atoms. The molecule has 0 N–H and O–H groups in total. The lowest BCUT2D eigenvalue weighted by Gasteiger charge is -2.08. The third-order valence-electron chi connectivity index (χ3n) is 1.18. The van der Waals surface area contributed by atoms with E-state index in [9.17, 15) is 13.2 Å². The van der Waals surface area contributed by atoms with Crippen molar-refractivity contribution in [3.05, 3.63) is 11.0 Å². The smallest absolute Gasteiger partial charge is 0.160 e. The Bertz CT molecular complexity index is 149. The lowest BCUT2D eigenvalue weighted by Crippen LogP contribution is -2.00. The van der Waals surface area contributed by atoms with E-state index in [4.69, 9.17) is 0 Å². The van der Waals surface area contributed by atoms with Crippen molar-refractivity contribution < 1.29 is 13.2 Å². The number of hydrogen-bond donors (Lipinski definition) is 0. The van der Waals surface area contributed by atoms with Crippen molar-refractivity contribution in [2.75, 3.05) is 0 Å². The Balaban J connectivity index is 4.05. The minimum absolute atomic E-state index is 0.0121. The molecule has 0 atom stereocenters. The van der Waals surface area contributed by atoms with Crippen LogP contribution in [0.5, 0.6) is 0 Å². The SMILES string of the molecule is CC/C=C(\CCC)SC(F)(F)F. The van der Waals surface area contributed by atoms with Gasteiger partial charge in [0.1, 0.15) is 0 Å². The van der Waals surface area contributed by atoms with Crippen molar-refractivity contribution in [3.8, 4) is 0 Å². The molecule has 0 rings (SSSR count). The van der Waals surface area contributed by atoms with Crippen LogP contribution in [0.1, 0.15) is 33.1 Å². The van der Waals surface area contributed by atoms with Crippen LogP contribution in [0.2, 0.25) is 0 Å². The first-order valence-electron chi connectivity index (χ1n) is 3.94. The Morgan fingerprint density at radius 1 is 1.33 bits per heavy atom. The largest absolute Gasteiger partial charge is 0.446 e. The van der Waals surface area contributed by atoms with E-state index in [0.29, 0.717) is 17.7 Å². The molecule has 0 aromatic heterocycles. The summed E-state index contributed by atoms with van der Waals surface area (Å²) in [5.41, 5.74) is -4.13. The van der Waals surface area contributed by atoms with Gasteiger partial charge in [-0.1, -0.05) is 26.3 Å². The Labute approximate surface area is 75.2 Å². The van der Waals surface area contributed by atoms with Crippen LogP contribution in [0.15, 0.2) is 11.0 Å². The molecular weight excluding hydrogens is 185 g/mol. The first-order valence-corrected chi connectivity index (χ1v) is 4.76. The normalized spacial score (nSPS) is 13.6. The number of hydrogen-bond acceptors (Lipinski definition) is 1. The van der Waals surface area contributed by atoms with Gasteiger partial charge in [-0.25, -0.2) is 0 Å². The Morgan fingerprint density at radius 2 is 1.92 bits per heavy atom. The summed E-state index contributed by atoms with van der Waals surface area (Å²) in [6, 6.07) is 0. The number of allylic oxidation sites excluding steroid dienone is 2. The van der Waals surface area contributed by atoms with Crippen LogP contribution >= 0.6 is 11.8 Å². The van der Waals surface area contributed by atoms with Gasteiger partial charge in [0.05, 0.1) is 0 Å². The molecule has 0 aromatic carbocycles. The van der Waals surface area contributed by atoms with E-state index in [-0.39, 0.29) is 11.8 Å². The van der Waals surface area contributed by atoms with Crippen LogP contribution in [0, 0.1) is 0 Å². The van der Waals surface area contributed by atoms with E-state index < -0.39 is 5.51 Å². The highest BCUT2D eigenvalue weighted by molar-refractivity contribution is 8.03. The molecule has 0 aliphatic heterocycles. The highest BCUT2D eigenvalue weighted by Crippen LogP contribution is 2.38. The molecule has 0 aromatic rings. The number of thioether (sulfide) groups is 1. The van der Waals surface area contributed by atoms with Crippen LogP contribution in [0.4, 0.5) is 13.2 Å². The van der Waals surface area contributed by atoms with Gasteiger partial charge in [-0.15, -0.1) is 0 Å². The van der Waals surface area contributed by atoms with Gasteiger partial charge >= 0.3 is 5.51 Å². The summed E-state index contributed by atoms with van der Waals surface area (Å²) in [6.07, 6.45) is 3.59. The predicted molar refractivity (Wildman–Crippen MR) is 46.9 cm³/mol. The lowest BCUT2D eigenvalue weighted by molar-refractivity contribution is -0.0322. The van der Waals surface area contributed by atoms with E-state index >= 15 is 0 Å². The fraction of sp³-hybridized carbons (Fsp3) is 0.750. The molecule has 0 saturated carbocycles. The Morgan fingerprint density at radius 3 is 2.25 bits per heavy atom. The van der Waals surface area contributed by atoms with Crippen molar-refractivity contribution >= 4 is 11.8 Å². The molecule has 0 aliphatic carbocycles. The topological polar surface area (TPSA) is 0 Å². The first kappa shape index (κ1) is 11.9. The molecule has 4 heteroatoms.